The Morgan fingerprint density at radius 2 is 1.73 bits per heavy atom. The average Bonchev–Trinajstić information content (AvgIpc) is 2.74. The summed E-state index contributed by atoms with van der Waals surface area (Å²) in [5.41, 5.74) is 1.79. The van der Waals surface area contributed by atoms with Crippen molar-refractivity contribution in [1.29, 1.82) is 0 Å². The van der Waals surface area contributed by atoms with Crippen LogP contribution in [0, 0.1) is 0 Å². The van der Waals surface area contributed by atoms with Gasteiger partial charge < -0.3 is 15.4 Å². The molecule has 0 unspecified atom stereocenters. The van der Waals surface area contributed by atoms with Crippen molar-refractivity contribution >= 4 is 34.4 Å². The maximum absolute atomic E-state index is 12.1. The first-order valence-electron chi connectivity index (χ1n) is 9.99. The lowest BCUT2D eigenvalue weighted by Crippen LogP contribution is -2.26. The fourth-order valence-corrected chi connectivity index (χ4v) is 3.10. The van der Waals surface area contributed by atoms with E-state index in [1.807, 2.05) is 54.6 Å². The molecule has 2 aromatic carbocycles. The van der Waals surface area contributed by atoms with Gasteiger partial charge in [-0.2, -0.15) is 0 Å². The molecule has 2 N–H and O–H groups in total. The van der Waals surface area contributed by atoms with Gasteiger partial charge in [0, 0.05) is 31.6 Å². The van der Waals surface area contributed by atoms with Crippen molar-refractivity contribution in [3.8, 4) is 5.75 Å². The van der Waals surface area contributed by atoms with Gasteiger partial charge in [-0.25, -0.2) is 0 Å². The van der Waals surface area contributed by atoms with Crippen molar-refractivity contribution in [3.05, 3.63) is 60.2 Å². The summed E-state index contributed by atoms with van der Waals surface area (Å²) in [4.78, 5) is 34.4. The molecule has 0 heterocycles. The van der Waals surface area contributed by atoms with Crippen LogP contribution in [-0.2, 0) is 21.0 Å². The largest absolute Gasteiger partial charge is 0.489 e. The number of carbonyl (C=O) groups is 3. The Morgan fingerprint density at radius 3 is 2.50 bits per heavy atom. The third-order valence-corrected chi connectivity index (χ3v) is 4.99. The Morgan fingerprint density at radius 1 is 0.933 bits per heavy atom. The minimum Gasteiger partial charge on any atom is -0.489 e. The lowest BCUT2D eigenvalue weighted by atomic mass is 10.2. The third kappa shape index (κ3) is 10.1. The first kappa shape index (κ1) is 23.5. The number of hydrogen-bond donors (Lipinski definition) is 2. The van der Waals surface area contributed by atoms with Crippen molar-refractivity contribution in [2.24, 2.45) is 0 Å². The Balaban J connectivity index is 1.60. The van der Waals surface area contributed by atoms with Crippen molar-refractivity contribution in [2.45, 2.75) is 39.2 Å². The summed E-state index contributed by atoms with van der Waals surface area (Å²) in [6, 6.07) is 17.3. The minimum atomic E-state index is -0.137. The molecule has 0 atom stereocenters. The normalized spacial score (nSPS) is 10.3. The van der Waals surface area contributed by atoms with E-state index in [1.165, 1.54) is 6.92 Å². The van der Waals surface area contributed by atoms with Crippen LogP contribution in [0.15, 0.2) is 54.6 Å². The molecule has 2 amide bonds. The predicted octanol–water partition coefficient (Wildman–Crippen LogP) is 4.16. The number of amides is 2. The van der Waals surface area contributed by atoms with E-state index in [0.717, 1.165) is 36.6 Å². The van der Waals surface area contributed by atoms with Crippen LogP contribution in [0.2, 0.25) is 0 Å². The van der Waals surface area contributed by atoms with Gasteiger partial charge in [0.2, 0.25) is 11.8 Å². The highest BCUT2D eigenvalue weighted by molar-refractivity contribution is 8.14. The number of nitrogens with one attached hydrogen (secondary N) is 2. The van der Waals surface area contributed by atoms with E-state index in [-0.39, 0.29) is 22.7 Å². The summed E-state index contributed by atoms with van der Waals surface area (Å²) >= 11 is 1.00. The number of carbonyl (C=O) groups excluding carboxylic acids is 3. The second-order valence-corrected chi connectivity index (χ2v) is 7.94. The first-order valence-corrected chi connectivity index (χ1v) is 11.0. The maximum atomic E-state index is 12.1. The molecule has 0 aromatic heterocycles. The fourth-order valence-electron chi connectivity index (χ4n) is 2.66. The third-order valence-electron chi connectivity index (χ3n) is 4.18. The van der Waals surface area contributed by atoms with Gasteiger partial charge in [0.25, 0.3) is 0 Å². The van der Waals surface area contributed by atoms with E-state index in [9.17, 15) is 14.4 Å². The van der Waals surface area contributed by atoms with Crippen LogP contribution < -0.4 is 15.4 Å². The van der Waals surface area contributed by atoms with Crippen molar-refractivity contribution in [3.63, 3.8) is 0 Å². The number of hydrogen-bond acceptors (Lipinski definition) is 5. The molecule has 2 aromatic rings. The van der Waals surface area contributed by atoms with Gasteiger partial charge in [0.15, 0.2) is 5.12 Å². The fraction of sp³-hybridized carbons (Fsp3) is 0.348. The molecule has 6 nitrogen and oxygen atoms in total. The van der Waals surface area contributed by atoms with Gasteiger partial charge in [0.05, 0.1) is 5.75 Å². The maximum Gasteiger partial charge on any atom is 0.230 e. The van der Waals surface area contributed by atoms with Gasteiger partial charge in [-0.15, -0.1) is 0 Å². The SMILES string of the molecule is CC(=O)SCC(=O)NCCCCCC(=O)Nc1cccc(OCc2ccccc2)c1. The van der Waals surface area contributed by atoms with Crippen LogP contribution >= 0.6 is 11.8 Å². The van der Waals surface area contributed by atoms with Crippen molar-refractivity contribution < 1.29 is 19.1 Å². The molecular formula is C23H28N2O4S. The van der Waals surface area contributed by atoms with E-state index in [2.05, 4.69) is 10.6 Å². The number of rotatable bonds is 12. The molecule has 0 fully saturated rings. The van der Waals surface area contributed by atoms with Crippen molar-refractivity contribution in [2.75, 3.05) is 17.6 Å². The molecular weight excluding hydrogens is 400 g/mol. The van der Waals surface area contributed by atoms with Gasteiger partial charge in [-0.05, 0) is 30.5 Å². The summed E-state index contributed by atoms with van der Waals surface area (Å²) in [6.45, 7) is 2.47. The zero-order valence-corrected chi connectivity index (χ0v) is 18.0. The highest BCUT2D eigenvalue weighted by Gasteiger charge is 2.05. The van der Waals surface area contributed by atoms with Gasteiger partial charge in [0.1, 0.15) is 12.4 Å². The van der Waals surface area contributed by atoms with E-state index in [0.29, 0.717) is 31.0 Å². The van der Waals surface area contributed by atoms with E-state index >= 15 is 0 Å². The van der Waals surface area contributed by atoms with Crippen LogP contribution in [0.3, 0.4) is 0 Å². The number of benzene rings is 2. The molecule has 0 radical (unpaired) electrons. The van der Waals surface area contributed by atoms with E-state index in [1.54, 1.807) is 0 Å². The van der Waals surface area contributed by atoms with Gasteiger partial charge in [-0.3, -0.25) is 14.4 Å². The number of unbranched alkanes of at least 4 members (excludes halogenated alkanes) is 2. The van der Waals surface area contributed by atoms with Crippen LogP contribution in [0.25, 0.3) is 0 Å². The summed E-state index contributed by atoms with van der Waals surface area (Å²) in [7, 11) is 0. The van der Waals surface area contributed by atoms with Crippen molar-refractivity contribution in [1.82, 2.24) is 5.32 Å². The molecule has 0 aliphatic carbocycles. The minimum absolute atomic E-state index is 0.0443. The van der Waals surface area contributed by atoms with E-state index < -0.39 is 0 Å². The Labute approximate surface area is 181 Å². The smallest absolute Gasteiger partial charge is 0.230 e. The summed E-state index contributed by atoms with van der Waals surface area (Å²) < 4.78 is 5.78. The molecule has 0 bridgehead atoms. The first-order chi connectivity index (χ1) is 14.5. The lowest BCUT2D eigenvalue weighted by molar-refractivity contribution is -0.119. The van der Waals surface area contributed by atoms with Gasteiger partial charge in [-0.1, -0.05) is 54.6 Å². The molecule has 0 aliphatic heterocycles. The molecule has 0 aliphatic rings. The monoisotopic (exact) mass is 428 g/mol. The molecule has 0 spiro atoms. The van der Waals surface area contributed by atoms with Crippen LogP contribution in [0.1, 0.15) is 38.2 Å². The number of thioether (sulfide) groups is 1. The molecule has 0 saturated carbocycles. The Hall–Kier alpha value is -2.80. The summed E-state index contributed by atoms with van der Waals surface area (Å²) in [5, 5.41) is 5.60. The molecule has 2 rings (SSSR count). The predicted molar refractivity (Wildman–Crippen MR) is 120 cm³/mol. The highest BCUT2D eigenvalue weighted by Crippen LogP contribution is 2.19. The summed E-state index contributed by atoms with van der Waals surface area (Å²) in [6.07, 6.45) is 2.80. The van der Waals surface area contributed by atoms with Crippen LogP contribution in [0.5, 0.6) is 5.75 Å². The van der Waals surface area contributed by atoms with E-state index in [4.69, 9.17) is 4.74 Å². The Bertz CT molecular complexity index is 827. The van der Waals surface area contributed by atoms with Crippen LogP contribution in [0.4, 0.5) is 5.69 Å². The zero-order valence-electron chi connectivity index (χ0n) is 17.2. The summed E-state index contributed by atoms with van der Waals surface area (Å²) in [5.74, 6) is 0.682. The second-order valence-electron chi connectivity index (χ2n) is 6.79. The van der Waals surface area contributed by atoms with Gasteiger partial charge >= 0.3 is 0 Å². The number of ether oxygens (including phenoxy) is 1. The molecule has 30 heavy (non-hydrogen) atoms. The van der Waals surface area contributed by atoms with Crippen LogP contribution in [-0.4, -0.2) is 29.2 Å². The standard InChI is InChI=1S/C23H28N2O4S/c1-18(26)30-17-23(28)24-14-7-3-6-13-22(27)25-20-11-8-12-21(15-20)29-16-19-9-4-2-5-10-19/h2,4-5,8-12,15H,3,6-7,13-14,16-17H2,1H3,(H,24,28)(H,25,27). The zero-order chi connectivity index (χ0) is 21.6. The Kier molecular flexibility index (Phi) is 10.5. The average molecular weight is 429 g/mol. The number of anilines is 1. The second kappa shape index (κ2) is 13.4. The topological polar surface area (TPSA) is 84.5 Å². The lowest BCUT2D eigenvalue weighted by Gasteiger charge is -2.09. The molecule has 160 valence electrons. The molecule has 7 heteroatoms. The quantitative estimate of drug-likeness (QED) is 0.496. The highest BCUT2D eigenvalue weighted by atomic mass is 32.2. The molecule has 0 saturated heterocycles.